The van der Waals surface area contributed by atoms with Crippen LogP contribution in [-0.4, -0.2) is 13.7 Å². The molecule has 0 radical (unpaired) electrons. The molecule has 14 heavy (non-hydrogen) atoms. The maximum absolute atomic E-state index is 13.1. The molecule has 0 aromatic heterocycles. The Hall–Kier alpha value is -1.09. The first-order chi connectivity index (χ1) is 6.81. The van der Waals surface area contributed by atoms with Gasteiger partial charge in [0.05, 0.1) is 7.11 Å². The van der Waals surface area contributed by atoms with Crippen molar-refractivity contribution in [2.24, 2.45) is 0 Å². The fourth-order valence-electron chi connectivity index (χ4n) is 1.86. The summed E-state index contributed by atoms with van der Waals surface area (Å²) < 4.78 is 18.1. The molecule has 0 aliphatic carbocycles. The lowest BCUT2D eigenvalue weighted by atomic mass is 10.1. The SMILES string of the molecule is COc1cc([C@H]2CCCN2)ccc1F. The van der Waals surface area contributed by atoms with E-state index in [1.165, 1.54) is 19.6 Å². The molecule has 1 heterocycles. The molecule has 1 saturated heterocycles. The molecule has 1 aliphatic heterocycles. The molecule has 1 aromatic rings. The third-order valence-corrected chi connectivity index (χ3v) is 2.64. The van der Waals surface area contributed by atoms with E-state index in [1.54, 1.807) is 6.07 Å². The fourth-order valence-corrected chi connectivity index (χ4v) is 1.86. The van der Waals surface area contributed by atoms with Crippen LogP contribution in [0.4, 0.5) is 4.39 Å². The van der Waals surface area contributed by atoms with Gasteiger partial charge in [0.15, 0.2) is 11.6 Å². The van der Waals surface area contributed by atoms with Gasteiger partial charge in [-0.1, -0.05) is 6.07 Å². The number of benzene rings is 1. The number of rotatable bonds is 2. The first kappa shape index (κ1) is 9.46. The van der Waals surface area contributed by atoms with Crippen LogP contribution in [-0.2, 0) is 0 Å². The second kappa shape index (κ2) is 3.96. The van der Waals surface area contributed by atoms with E-state index in [9.17, 15) is 4.39 Å². The van der Waals surface area contributed by atoms with Crippen LogP contribution in [0, 0.1) is 5.82 Å². The van der Waals surface area contributed by atoms with Crippen LogP contribution in [0.15, 0.2) is 18.2 Å². The summed E-state index contributed by atoms with van der Waals surface area (Å²) in [5.74, 6) is 0.0328. The maximum Gasteiger partial charge on any atom is 0.165 e. The van der Waals surface area contributed by atoms with Crippen molar-refractivity contribution < 1.29 is 9.13 Å². The van der Waals surface area contributed by atoms with Gasteiger partial charge in [0, 0.05) is 6.04 Å². The second-order valence-corrected chi connectivity index (χ2v) is 3.54. The summed E-state index contributed by atoms with van der Waals surface area (Å²) in [4.78, 5) is 0. The fraction of sp³-hybridized carbons (Fsp3) is 0.455. The Labute approximate surface area is 83.1 Å². The largest absolute Gasteiger partial charge is 0.494 e. The van der Waals surface area contributed by atoms with Crippen molar-refractivity contribution in [1.82, 2.24) is 5.32 Å². The summed E-state index contributed by atoms with van der Waals surface area (Å²) in [6.45, 7) is 1.05. The standard InChI is InChI=1S/C11H14FNO/c1-14-11-7-8(4-5-9(11)12)10-3-2-6-13-10/h4-5,7,10,13H,2-3,6H2,1H3/t10-/m1/s1. The van der Waals surface area contributed by atoms with Gasteiger partial charge in [-0.25, -0.2) is 4.39 Å². The minimum absolute atomic E-state index is 0.297. The predicted octanol–water partition coefficient (Wildman–Crippen LogP) is 2.26. The molecule has 0 amide bonds. The van der Waals surface area contributed by atoms with Gasteiger partial charge < -0.3 is 10.1 Å². The van der Waals surface area contributed by atoms with E-state index in [0.29, 0.717) is 11.8 Å². The Kier molecular flexibility index (Phi) is 2.68. The minimum atomic E-state index is -0.297. The average molecular weight is 195 g/mol. The van der Waals surface area contributed by atoms with Crippen LogP contribution in [0.3, 0.4) is 0 Å². The van der Waals surface area contributed by atoms with Crippen molar-refractivity contribution in [3.8, 4) is 5.75 Å². The topological polar surface area (TPSA) is 21.3 Å². The van der Waals surface area contributed by atoms with Crippen molar-refractivity contribution in [1.29, 1.82) is 0 Å². The number of nitrogens with one attached hydrogen (secondary N) is 1. The molecule has 2 nitrogen and oxygen atoms in total. The van der Waals surface area contributed by atoms with Gasteiger partial charge in [-0.05, 0) is 37.1 Å². The molecule has 1 fully saturated rings. The molecule has 0 spiro atoms. The van der Waals surface area contributed by atoms with Crippen LogP contribution < -0.4 is 10.1 Å². The van der Waals surface area contributed by atoms with Crippen LogP contribution in [0.2, 0.25) is 0 Å². The van der Waals surface area contributed by atoms with E-state index in [0.717, 1.165) is 18.5 Å². The summed E-state index contributed by atoms with van der Waals surface area (Å²) >= 11 is 0. The van der Waals surface area contributed by atoms with Crippen LogP contribution in [0.5, 0.6) is 5.75 Å². The van der Waals surface area contributed by atoms with Crippen molar-refractivity contribution >= 4 is 0 Å². The number of hydrogen-bond acceptors (Lipinski definition) is 2. The Balaban J connectivity index is 2.25. The predicted molar refractivity (Wildman–Crippen MR) is 52.9 cm³/mol. The van der Waals surface area contributed by atoms with Crippen molar-refractivity contribution in [3.63, 3.8) is 0 Å². The van der Waals surface area contributed by atoms with Crippen LogP contribution in [0.25, 0.3) is 0 Å². The molecular formula is C11H14FNO. The van der Waals surface area contributed by atoms with Crippen molar-refractivity contribution in [2.45, 2.75) is 18.9 Å². The third-order valence-electron chi connectivity index (χ3n) is 2.64. The summed E-state index contributed by atoms with van der Waals surface area (Å²) in [7, 11) is 1.49. The highest BCUT2D eigenvalue weighted by Gasteiger charge is 2.17. The first-order valence-electron chi connectivity index (χ1n) is 4.88. The van der Waals surface area contributed by atoms with Gasteiger partial charge in [-0.2, -0.15) is 0 Å². The maximum atomic E-state index is 13.1. The molecule has 1 N–H and O–H groups in total. The lowest BCUT2D eigenvalue weighted by Gasteiger charge is -2.12. The molecule has 0 saturated carbocycles. The number of hydrogen-bond donors (Lipinski definition) is 1. The van der Waals surface area contributed by atoms with Gasteiger partial charge in [0.2, 0.25) is 0 Å². The van der Waals surface area contributed by atoms with Crippen molar-refractivity contribution in [3.05, 3.63) is 29.6 Å². The molecule has 3 heteroatoms. The quantitative estimate of drug-likeness (QED) is 0.781. The smallest absolute Gasteiger partial charge is 0.165 e. The highest BCUT2D eigenvalue weighted by atomic mass is 19.1. The van der Waals surface area contributed by atoms with Gasteiger partial charge in [0.25, 0.3) is 0 Å². The zero-order chi connectivity index (χ0) is 9.97. The lowest BCUT2D eigenvalue weighted by Crippen LogP contribution is -2.12. The molecule has 1 atom stereocenters. The van der Waals surface area contributed by atoms with Crippen LogP contribution in [0.1, 0.15) is 24.4 Å². The molecule has 1 aliphatic rings. The number of methoxy groups -OCH3 is 1. The molecule has 0 bridgehead atoms. The zero-order valence-corrected chi connectivity index (χ0v) is 8.22. The van der Waals surface area contributed by atoms with E-state index in [1.807, 2.05) is 6.07 Å². The monoisotopic (exact) mass is 195 g/mol. The normalized spacial score (nSPS) is 21.1. The second-order valence-electron chi connectivity index (χ2n) is 3.54. The Morgan fingerprint density at radius 1 is 1.50 bits per heavy atom. The third kappa shape index (κ3) is 1.73. The molecular weight excluding hydrogens is 181 g/mol. The van der Waals surface area contributed by atoms with Gasteiger partial charge >= 0.3 is 0 Å². The summed E-state index contributed by atoms with van der Waals surface area (Å²) in [6.07, 6.45) is 2.30. The minimum Gasteiger partial charge on any atom is -0.494 e. The highest BCUT2D eigenvalue weighted by Crippen LogP contribution is 2.27. The summed E-state index contributed by atoms with van der Waals surface area (Å²) in [6, 6.07) is 5.43. The first-order valence-corrected chi connectivity index (χ1v) is 4.88. The summed E-state index contributed by atoms with van der Waals surface area (Å²) in [5, 5.41) is 3.37. The van der Waals surface area contributed by atoms with E-state index in [2.05, 4.69) is 5.32 Å². The Bertz CT molecular complexity index is 321. The van der Waals surface area contributed by atoms with E-state index < -0.39 is 0 Å². The van der Waals surface area contributed by atoms with Crippen molar-refractivity contribution in [2.75, 3.05) is 13.7 Å². The summed E-state index contributed by atoms with van der Waals surface area (Å²) in [5.41, 5.74) is 1.11. The van der Waals surface area contributed by atoms with Gasteiger partial charge in [-0.15, -0.1) is 0 Å². The van der Waals surface area contributed by atoms with Gasteiger partial charge in [0.1, 0.15) is 0 Å². The van der Waals surface area contributed by atoms with E-state index in [-0.39, 0.29) is 5.82 Å². The molecule has 1 aromatic carbocycles. The zero-order valence-electron chi connectivity index (χ0n) is 8.22. The van der Waals surface area contributed by atoms with Gasteiger partial charge in [-0.3, -0.25) is 0 Å². The Morgan fingerprint density at radius 2 is 2.36 bits per heavy atom. The lowest BCUT2D eigenvalue weighted by molar-refractivity contribution is 0.385. The highest BCUT2D eigenvalue weighted by molar-refractivity contribution is 5.32. The van der Waals surface area contributed by atoms with Crippen LogP contribution >= 0.6 is 0 Å². The molecule has 0 unspecified atom stereocenters. The molecule has 2 rings (SSSR count). The number of ether oxygens (including phenoxy) is 1. The Morgan fingerprint density at radius 3 is 3.00 bits per heavy atom. The molecule has 76 valence electrons. The van der Waals surface area contributed by atoms with E-state index in [4.69, 9.17) is 4.74 Å². The van der Waals surface area contributed by atoms with E-state index >= 15 is 0 Å². The number of halogens is 1. The average Bonchev–Trinajstić information content (AvgIpc) is 2.71.